The molecule has 0 radical (unpaired) electrons. The molecule has 0 aliphatic carbocycles. The smallest absolute Gasteiger partial charge is 0.148 e. The van der Waals surface area contributed by atoms with Crippen LogP contribution in [0.4, 0.5) is 5.69 Å². The summed E-state index contributed by atoms with van der Waals surface area (Å²) in [5.41, 5.74) is 2.18. The molecule has 0 atom stereocenters. The third kappa shape index (κ3) is 4.53. The van der Waals surface area contributed by atoms with Gasteiger partial charge in [0.1, 0.15) is 11.5 Å². The van der Waals surface area contributed by atoms with Crippen molar-refractivity contribution in [2.24, 2.45) is 0 Å². The van der Waals surface area contributed by atoms with Crippen molar-refractivity contribution in [1.82, 2.24) is 0 Å². The quantitative estimate of drug-likeness (QED) is 0.869. The molecular weight excluding hydrogens is 282 g/mol. The van der Waals surface area contributed by atoms with Gasteiger partial charge >= 0.3 is 0 Å². The Balaban J connectivity index is 2.25. The summed E-state index contributed by atoms with van der Waals surface area (Å²) in [7, 11) is 1.65. The molecule has 0 saturated heterocycles. The summed E-state index contributed by atoms with van der Waals surface area (Å²) < 4.78 is 5.28. The maximum absolute atomic E-state index is 11.2. The lowest BCUT2D eigenvalue weighted by Crippen LogP contribution is -2.10. The second-order valence-corrected chi connectivity index (χ2v) is 5.95. The molecule has 1 N–H and O–H groups in total. The number of carbonyl (C=O) groups is 1. The highest BCUT2D eigenvalue weighted by Crippen LogP contribution is 2.36. The Labute approximate surface area is 129 Å². The van der Waals surface area contributed by atoms with Gasteiger partial charge in [-0.05, 0) is 44.2 Å². The van der Waals surface area contributed by atoms with Crippen LogP contribution in [0, 0.1) is 6.92 Å². The van der Waals surface area contributed by atoms with Crippen LogP contribution in [0.15, 0.2) is 52.3 Å². The molecule has 0 fully saturated rings. The Morgan fingerprint density at radius 2 is 1.90 bits per heavy atom. The summed E-state index contributed by atoms with van der Waals surface area (Å²) in [5.74, 6) is 0.912. The first-order valence-corrected chi connectivity index (χ1v) is 7.56. The molecule has 0 bridgehead atoms. The van der Waals surface area contributed by atoms with Gasteiger partial charge < -0.3 is 10.1 Å². The average Bonchev–Trinajstić information content (AvgIpc) is 2.48. The molecule has 0 amide bonds. The van der Waals surface area contributed by atoms with E-state index < -0.39 is 0 Å². The second-order valence-electron chi connectivity index (χ2n) is 4.83. The zero-order chi connectivity index (χ0) is 15.2. The normalized spacial score (nSPS) is 10.2. The lowest BCUT2D eigenvalue weighted by Gasteiger charge is -2.12. The van der Waals surface area contributed by atoms with E-state index in [1.54, 1.807) is 25.8 Å². The van der Waals surface area contributed by atoms with Gasteiger partial charge in [-0.15, -0.1) is 0 Å². The van der Waals surface area contributed by atoms with Crippen molar-refractivity contribution in [3.63, 3.8) is 0 Å². The van der Waals surface area contributed by atoms with Crippen molar-refractivity contribution in [1.29, 1.82) is 0 Å². The number of aryl methyl sites for hydroxylation is 1. The zero-order valence-corrected chi connectivity index (χ0v) is 13.3. The predicted octanol–water partition coefficient (Wildman–Crippen LogP) is 4.16. The lowest BCUT2D eigenvalue weighted by molar-refractivity contribution is -0.115. The van der Waals surface area contributed by atoms with Crippen molar-refractivity contribution >= 4 is 23.2 Å². The molecule has 0 aliphatic rings. The Morgan fingerprint density at radius 3 is 2.52 bits per heavy atom. The Bertz CT molecular complexity index is 623. The molecule has 0 unspecified atom stereocenters. The van der Waals surface area contributed by atoms with Crippen LogP contribution in [0.5, 0.6) is 5.75 Å². The van der Waals surface area contributed by atoms with Gasteiger partial charge in [-0.25, -0.2) is 0 Å². The number of hydrogen-bond donors (Lipinski definition) is 1. The number of nitrogens with one attached hydrogen (secondary N) is 1. The summed E-state index contributed by atoms with van der Waals surface area (Å²) in [6.45, 7) is 3.97. The molecule has 110 valence electrons. The number of benzene rings is 2. The zero-order valence-electron chi connectivity index (χ0n) is 12.5. The van der Waals surface area contributed by atoms with Crippen LogP contribution in [-0.2, 0) is 4.79 Å². The van der Waals surface area contributed by atoms with Crippen molar-refractivity contribution in [2.45, 2.75) is 23.6 Å². The Morgan fingerprint density at radius 1 is 1.19 bits per heavy atom. The number of hydrogen-bond acceptors (Lipinski definition) is 4. The van der Waals surface area contributed by atoms with Gasteiger partial charge in [-0.2, -0.15) is 0 Å². The van der Waals surface area contributed by atoms with E-state index in [0.29, 0.717) is 6.54 Å². The van der Waals surface area contributed by atoms with E-state index >= 15 is 0 Å². The van der Waals surface area contributed by atoms with E-state index in [-0.39, 0.29) is 5.78 Å². The van der Waals surface area contributed by atoms with Crippen LogP contribution in [0.1, 0.15) is 12.5 Å². The first-order chi connectivity index (χ1) is 10.1. The molecule has 2 aromatic rings. The van der Waals surface area contributed by atoms with E-state index in [1.807, 2.05) is 18.2 Å². The molecule has 0 saturated carbocycles. The number of rotatable bonds is 6. The fraction of sp³-hybridized carbons (Fsp3) is 0.235. The van der Waals surface area contributed by atoms with Crippen molar-refractivity contribution in [2.75, 3.05) is 19.0 Å². The van der Waals surface area contributed by atoms with Crippen LogP contribution < -0.4 is 10.1 Å². The average molecular weight is 301 g/mol. The molecule has 21 heavy (non-hydrogen) atoms. The van der Waals surface area contributed by atoms with E-state index in [2.05, 4.69) is 36.5 Å². The SMILES string of the molecule is COc1ccc(NCC(C)=O)c(Sc2ccc(C)cc2)c1. The lowest BCUT2D eigenvalue weighted by atomic mass is 10.2. The van der Waals surface area contributed by atoms with Crippen molar-refractivity contribution < 1.29 is 9.53 Å². The van der Waals surface area contributed by atoms with Crippen molar-refractivity contribution in [3.8, 4) is 5.75 Å². The number of ketones is 1. The summed E-state index contributed by atoms with van der Waals surface area (Å²) in [5, 5.41) is 3.17. The summed E-state index contributed by atoms with van der Waals surface area (Å²) in [6, 6.07) is 14.2. The molecule has 4 heteroatoms. The number of ether oxygens (including phenoxy) is 1. The Hall–Kier alpha value is -1.94. The van der Waals surface area contributed by atoms with Crippen molar-refractivity contribution in [3.05, 3.63) is 48.0 Å². The number of carbonyl (C=O) groups excluding carboxylic acids is 1. The van der Waals surface area contributed by atoms with Gasteiger partial charge in [0.05, 0.1) is 13.7 Å². The molecule has 3 nitrogen and oxygen atoms in total. The largest absolute Gasteiger partial charge is 0.497 e. The standard InChI is InChI=1S/C17H19NO2S/c1-12-4-7-15(8-5-12)21-17-10-14(20-3)6-9-16(17)18-11-13(2)19/h4-10,18H,11H2,1-3H3. The van der Waals surface area contributed by atoms with Crippen LogP contribution in [0.25, 0.3) is 0 Å². The molecule has 0 spiro atoms. The number of methoxy groups -OCH3 is 1. The highest BCUT2D eigenvalue weighted by molar-refractivity contribution is 7.99. The third-order valence-electron chi connectivity index (χ3n) is 2.97. The van der Waals surface area contributed by atoms with E-state index in [9.17, 15) is 4.79 Å². The maximum Gasteiger partial charge on any atom is 0.148 e. The highest BCUT2D eigenvalue weighted by atomic mass is 32.2. The monoisotopic (exact) mass is 301 g/mol. The molecule has 0 aliphatic heterocycles. The molecule has 2 aromatic carbocycles. The third-order valence-corrected chi connectivity index (χ3v) is 4.03. The van der Waals surface area contributed by atoms with Gasteiger partial charge in [-0.1, -0.05) is 29.5 Å². The van der Waals surface area contributed by atoms with Gasteiger partial charge in [-0.3, -0.25) is 4.79 Å². The fourth-order valence-electron chi connectivity index (χ4n) is 1.81. The van der Waals surface area contributed by atoms with Gasteiger partial charge in [0, 0.05) is 15.5 Å². The van der Waals surface area contributed by atoms with Crippen LogP contribution >= 0.6 is 11.8 Å². The topological polar surface area (TPSA) is 38.3 Å². The van der Waals surface area contributed by atoms with Gasteiger partial charge in [0.15, 0.2) is 0 Å². The van der Waals surface area contributed by atoms with Crippen LogP contribution in [0.2, 0.25) is 0 Å². The minimum atomic E-state index is 0.108. The van der Waals surface area contributed by atoms with E-state index in [4.69, 9.17) is 4.74 Å². The second kappa shape index (κ2) is 7.18. The number of Topliss-reactive ketones (excluding diaryl/α,β-unsaturated/α-hetero) is 1. The maximum atomic E-state index is 11.2. The van der Waals surface area contributed by atoms with E-state index in [1.165, 1.54) is 5.56 Å². The minimum absolute atomic E-state index is 0.108. The molecule has 0 aromatic heterocycles. The predicted molar refractivity (Wildman–Crippen MR) is 87.5 cm³/mol. The molecule has 2 rings (SSSR count). The summed E-state index contributed by atoms with van der Waals surface area (Å²) in [6.07, 6.45) is 0. The highest BCUT2D eigenvalue weighted by Gasteiger charge is 2.07. The van der Waals surface area contributed by atoms with Gasteiger partial charge in [0.25, 0.3) is 0 Å². The molecule has 0 heterocycles. The number of anilines is 1. The van der Waals surface area contributed by atoms with Gasteiger partial charge in [0.2, 0.25) is 0 Å². The first kappa shape index (κ1) is 15.4. The first-order valence-electron chi connectivity index (χ1n) is 6.74. The summed E-state index contributed by atoms with van der Waals surface area (Å²) in [4.78, 5) is 13.3. The molecular formula is C17H19NO2S. The summed E-state index contributed by atoms with van der Waals surface area (Å²) >= 11 is 1.65. The Kier molecular flexibility index (Phi) is 5.28. The van der Waals surface area contributed by atoms with Crippen LogP contribution in [-0.4, -0.2) is 19.4 Å². The van der Waals surface area contributed by atoms with Crippen LogP contribution in [0.3, 0.4) is 0 Å². The fourth-order valence-corrected chi connectivity index (χ4v) is 2.76. The minimum Gasteiger partial charge on any atom is -0.497 e. The van der Waals surface area contributed by atoms with E-state index in [0.717, 1.165) is 21.2 Å².